The Hall–Kier alpha value is -1.81. The molecule has 0 atom stereocenters. The number of para-hydroxylation sites is 1. The molecule has 1 heterocycles. The summed E-state index contributed by atoms with van der Waals surface area (Å²) in [7, 11) is 0. The lowest BCUT2D eigenvalue weighted by atomic mass is 10.2. The fourth-order valence-corrected chi connectivity index (χ4v) is 2.08. The number of benzene rings is 1. The molecule has 2 aromatic rings. The number of hydrogen-bond donors (Lipinski definition) is 2. The minimum Gasteiger partial charge on any atom is -0.376 e. The molecular weight excluding hydrogens is 232 g/mol. The normalized spacial score (nSPS) is 9.94. The van der Waals surface area contributed by atoms with Crippen molar-refractivity contribution < 1.29 is 4.79 Å². The predicted molar refractivity (Wildman–Crippen MR) is 72.6 cm³/mol. The summed E-state index contributed by atoms with van der Waals surface area (Å²) in [5.41, 5.74) is 2.98. The van der Waals surface area contributed by atoms with Gasteiger partial charge >= 0.3 is 0 Å². The molecule has 0 unspecified atom stereocenters. The maximum Gasteiger partial charge on any atom is 0.243 e. The fraction of sp³-hybridized carbons (Fsp3) is 0.154. The molecule has 0 radical (unpaired) electrons. The Balaban J connectivity index is 1.86. The molecule has 1 amide bonds. The zero-order valence-corrected chi connectivity index (χ0v) is 10.4. The molecule has 2 N–H and O–H groups in total. The topological polar surface area (TPSA) is 41.1 Å². The molecule has 1 aromatic heterocycles. The molecule has 0 saturated carbocycles. The number of carbonyl (C=O) groups is 1. The summed E-state index contributed by atoms with van der Waals surface area (Å²) in [5.74, 6) is -0.0355. The highest BCUT2D eigenvalue weighted by Gasteiger charge is 2.03. The standard InChI is InChI=1S/C13H14N2OS/c1-10-4-2-3-5-12(10)14-8-13(16)15-11-6-7-17-9-11/h2-7,9,14H,8H2,1H3,(H,15,16). The van der Waals surface area contributed by atoms with Crippen molar-refractivity contribution in [2.45, 2.75) is 6.92 Å². The van der Waals surface area contributed by atoms with Crippen LogP contribution in [0.2, 0.25) is 0 Å². The first-order chi connectivity index (χ1) is 8.25. The summed E-state index contributed by atoms with van der Waals surface area (Å²) in [6, 6.07) is 9.79. The molecule has 0 fully saturated rings. The number of aryl methyl sites for hydroxylation is 1. The highest BCUT2D eigenvalue weighted by molar-refractivity contribution is 7.08. The van der Waals surface area contributed by atoms with E-state index in [9.17, 15) is 4.79 Å². The average molecular weight is 246 g/mol. The Labute approximate surface area is 104 Å². The third-order valence-electron chi connectivity index (χ3n) is 2.39. The molecule has 4 heteroatoms. The van der Waals surface area contributed by atoms with Crippen LogP contribution in [0.15, 0.2) is 41.1 Å². The van der Waals surface area contributed by atoms with Crippen molar-refractivity contribution in [1.82, 2.24) is 0 Å². The van der Waals surface area contributed by atoms with E-state index in [2.05, 4.69) is 10.6 Å². The molecule has 0 bridgehead atoms. The highest BCUT2D eigenvalue weighted by atomic mass is 32.1. The first-order valence-corrected chi connectivity index (χ1v) is 6.31. The molecule has 1 aromatic carbocycles. The molecule has 0 aliphatic rings. The minimum atomic E-state index is -0.0355. The van der Waals surface area contributed by atoms with Gasteiger partial charge < -0.3 is 10.6 Å². The summed E-state index contributed by atoms with van der Waals surface area (Å²) < 4.78 is 0. The van der Waals surface area contributed by atoms with Gasteiger partial charge in [0.2, 0.25) is 5.91 Å². The van der Waals surface area contributed by atoms with E-state index in [4.69, 9.17) is 0 Å². The molecule has 0 aliphatic heterocycles. The first kappa shape index (κ1) is 11.7. The molecule has 17 heavy (non-hydrogen) atoms. The zero-order chi connectivity index (χ0) is 12.1. The van der Waals surface area contributed by atoms with E-state index in [1.807, 2.05) is 48.0 Å². The van der Waals surface area contributed by atoms with Gasteiger partial charge in [-0.2, -0.15) is 11.3 Å². The van der Waals surface area contributed by atoms with Crippen LogP contribution in [0, 0.1) is 6.92 Å². The quantitative estimate of drug-likeness (QED) is 0.870. The van der Waals surface area contributed by atoms with Gasteiger partial charge in [-0.25, -0.2) is 0 Å². The van der Waals surface area contributed by atoms with Crippen LogP contribution in [0.4, 0.5) is 11.4 Å². The number of rotatable bonds is 4. The maximum absolute atomic E-state index is 11.6. The number of hydrogen-bond acceptors (Lipinski definition) is 3. The van der Waals surface area contributed by atoms with Gasteiger partial charge in [0.05, 0.1) is 12.2 Å². The van der Waals surface area contributed by atoms with Crippen LogP contribution in [0.25, 0.3) is 0 Å². The van der Waals surface area contributed by atoms with Crippen molar-refractivity contribution >= 4 is 28.6 Å². The van der Waals surface area contributed by atoms with E-state index in [0.29, 0.717) is 0 Å². The van der Waals surface area contributed by atoms with Crippen LogP contribution in [0.1, 0.15) is 5.56 Å². The van der Waals surface area contributed by atoms with E-state index in [1.54, 1.807) is 11.3 Å². The molecule has 0 saturated heterocycles. The van der Waals surface area contributed by atoms with Crippen molar-refractivity contribution in [3.63, 3.8) is 0 Å². The van der Waals surface area contributed by atoms with Crippen molar-refractivity contribution in [1.29, 1.82) is 0 Å². The van der Waals surface area contributed by atoms with Gasteiger partial charge in [-0.3, -0.25) is 4.79 Å². The van der Waals surface area contributed by atoms with Crippen LogP contribution >= 0.6 is 11.3 Å². The SMILES string of the molecule is Cc1ccccc1NCC(=O)Nc1ccsc1. The van der Waals surface area contributed by atoms with Gasteiger partial charge in [0.15, 0.2) is 0 Å². The number of anilines is 2. The average Bonchev–Trinajstić information content (AvgIpc) is 2.81. The van der Waals surface area contributed by atoms with E-state index in [-0.39, 0.29) is 12.5 Å². The largest absolute Gasteiger partial charge is 0.376 e. The van der Waals surface area contributed by atoms with Crippen LogP contribution in [-0.2, 0) is 4.79 Å². The van der Waals surface area contributed by atoms with Gasteiger partial charge in [0.25, 0.3) is 0 Å². The monoisotopic (exact) mass is 246 g/mol. The molecular formula is C13H14N2OS. The Morgan fingerprint density at radius 3 is 2.82 bits per heavy atom. The second kappa shape index (κ2) is 5.50. The van der Waals surface area contributed by atoms with Crippen LogP contribution < -0.4 is 10.6 Å². The fourth-order valence-electron chi connectivity index (χ4n) is 1.49. The van der Waals surface area contributed by atoms with Crippen molar-refractivity contribution in [3.05, 3.63) is 46.7 Å². The molecule has 3 nitrogen and oxygen atoms in total. The second-order valence-corrected chi connectivity index (χ2v) is 4.51. The lowest BCUT2D eigenvalue weighted by Gasteiger charge is -2.08. The third-order valence-corrected chi connectivity index (χ3v) is 3.07. The number of carbonyl (C=O) groups excluding carboxylic acids is 1. The first-order valence-electron chi connectivity index (χ1n) is 5.37. The summed E-state index contributed by atoms with van der Waals surface area (Å²) >= 11 is 1.56. The summed E-state index contributed by atoms with van der Waals surface area (Å²) in [6.07, 6.45) is 0. The lowest BCUT2D eigenvalue weighted by molar-refractivity contribution is -0.114. The highest BCUT2D eigenvalue weighted by Crippen LogP contribution is 2.13. The van der Waals surface area contributed by atoms with Crippen molar-refractivity contribution in [2.75, 3.05) is 17.2 Å². The zero-order valence-electron chi connectivity index (χ0n) is 9.57. The van der Waals surface area contributed by atoms with Gasteiger partial charge in [0.1, 0.15) is 0 Å². The molecule has 0 spiro atoms. The second-order valence-electron chi connectivity index (χ2n) is 3.73. The van der Waals surface area contributed by atoms with Crippen LogP contribution in [-0.4, -0.2) is 12.5 Å². The maximum atomic E-state index is 11.6. The van der Waals surface area contributed by atoms with Crippen LogP contribution in [0.3, 0.4) is 0 Å². The van der Waals surface area contributed by atoms with Gasteiger partial charge in [-0.1, -0.05) is 18.2 Å². The minimum absolute atomic E-state index is 0.0355. The Morgan fingerprint density at radius 2 is 2.12 bits per heavy atom. The predicted octanol–water partition coefficient (Wildman–Crippen LogP) is 3.11. The Kier molecular flexibility index (Phi) is 3.77. The third kappa shape index (κ3) is 3.32. The molecule has 88 valence electrons. The Bertz CT molecular complexity index is 494. The summed E-state index contributed by atoms with van der Waals surface area (Å²) in [4.78, 5) is 11.6. The summed E-state index contributed by atoms with van der Waals surface area (Å²) in [5, 5.41) is 9.78. The van der Waals surface area contributed by atoms with Crippen molar-refractivity contribution in [3.8, 4) is 0 Å². The van der Waals surface area contributed by atoms with Crippen LogP contribution in [0.5, 0.6) is 0 Å². The van der Waals surface area contributed by atoms with E-state index < -0.39 is 0 Å². The van der Waals surface area contributed by atoms with Gasteiger partial charge in [-0.05, 0) is 30.0 Å². The summed E-state index contributed by atoms with van der Waals surface area (Å²) in [6.45, 7) is 2.29. The smallest absolute Gasteiger partial charge is 0.243 e. The molecule has 2 rings (SSSR count). The number of thiophene rings is 1. The number of amides is 1. The molecule has 0 aliphatic carbocycles. The van der Waals surface area contributed by atoms with Gasteiger partial charge in [-0.15, -0.1) is 0 Å². The van der Waals surface area contributed by atoms with E-state index in [1.165, 1.54) is 0 Å². The number of nitrogens with one attached hydrogen (secondary N) is 2. The lowest BCUT2D eigenvalue weighted by Crippen LogP contribution is -2.21. The van der Waals surface area contributed by atoms with E-state index >= 15 is 0 Å². The van der Waals surface area contributed by atoms with Crippen molar-refractivity contribution in [2.24, 2.45) is 0 Å². The van der Waals surface area contributed by atoms with E-state index in [0.717, 1.165) is 16.9 Å². The Morgan fingerprint density at radius 1 is 1.29 bits per heavy atom. The van der Waals surface area contributed by atoms with Gasteiger partial charge in [0, 0.05) is 11.1 Å².